The molecule has 2 aromatic carbocycles. The van der Waals surface area contributed by atoms with Crippen LogP contribution in [-0.4, -0.2) is 63.0 Å². The molecule has 2 amide bonds. The minimum absolute atomic E-state index is 0.124. The summed E-state index contributed by atoms with van der Waals surface area (Å²) < 4.78 is 33.0. The number of nitrogens with zero attached hydrogens (tertiary/aromatic N) is 2. The number of aliphatic carboxylic acids is 1. The van der Waals surface area contributed by atoms with E-state index in [1.165, 1.54) is 11.8 Å². The number of alkyl halides is 3. The quantitative estimate of drug-likeness (QED) is 0.307. The molecule has 0 aliphatic rings. The van der Waals surface area contributed by atoms with Gasteiger partial charge in [0.25, 0.3) is 5.91 Å². The number of imidazole rings is 1. The standard InChI is InChI=1S/C25H28N4O4S.C2HF3O/c1-16-6-4-5-7-19(16)21-12-17(27-23(30)13-18-14-29(2)15-26-18)8-9-20(21)24(31)28-22(25(32)33)10-11-34-3;3-2(4,5)1-6/h4-9,12,14-15,22H,10-11,13H2,1-3H3,(H,27,30)(H,28,31)(H,32,33);1H/t22-;/m0./s1. The molecular weight excluding hydrogens is 549 g/mol. The van der Waals surface area contributed by atoms with Crippen molar-refractivity contribution >= 4 is 41.5 Å². The average molecular weight is 579 g/mol. The number of amides is 2. The highest BCUT2D eigenvalue weighted by molar-refractivity contribution is 7.98. The molecule has 214 valence electrons. The van der Waals surface area contributed by atoms with E-state index in [9.17, 15) is 32.7 Å². The van der Waals surface area contributed by atoms with Crippen LogP contribution in [0.1, 0.15) is 28.0 Å². The molecule has 3 rings (SSSR count). The minimum atomic E-state index is -4.64. The van der Waals surface area contributed by atoms with Crippen LogP contribution in [0.2, 0.25) is 0 Å². The van der Waals surface area contributed by atoms with Gasteiger partial charge in [-0.05, 0) is 60.2 Å². The number of aromatic nitrogens is 2. The fourth-order valence-electron chi connectivity index (χ4n) is 3.57. The molecule has 13 heteroatoms. The van der Waals surface area contributed by atoms with Gasteiger partial charge in [-0.3, -0.25) is 14.4 Å². The Balaban J connectivity index is 0.000000840. The molecular formula is C27H29F3N4O5S. The number of benzene rings is 2. The smallest absolute Gasteiger partial charge is 0.446 e. The Morgan fingerprint density at radius 3 is 2.38 bits per heavy atom. The number of nitrogens with one attached hydrogen (secondary N) is 2. The van der Waals surface area contributed by atoms with E-state index in [2.05, 4.69) is 15.6 Å². The van der Waals surface area contributed by atoms with Crippen molar-refractivity contribution in [2.45, 2.75) is 32.0 Å². The molecule has 0 fully saturated rings. The summed E-state index contributed by atoms with van der Waals surface area (Å²) in [5.41, 5.74) is 3.91. The predicted octanol–water partition coefficient (Wildman–Crippen LogP) is 4.26. The van der Waals surface area contributed by atoms with Crippen LogP contribution >= 0.6 is 11.8 Å². The topological polar surface area (TPSA) is 130 Å². The first-order chi connectivity index (χ1) is 18.8. The van der Waals surface area contributed by atoms with E-state index in [0.29, 0.717) is 34.7 Å². The number of aryl methyl sites for hydroxylation is 2. The van der Waals surface area contributed by atoms with E-state index in [1.807, 2.05) is 44.5 Å². The Hall–Kier alpha value is -4.13. The second-order valence-corrected chi connectivity index (χ2v) is 9.62. The zero-order valence-electron chi connectivity index (χ0n) is 22.0. The third-order valence-electron chi connectivity index (χ3n) is 5.43. The minimum Gasteiger partial charge on any atom is -0.480 e. The lowest BCUT2D eigenvalue weighted by Crippen LogP contribution is -2.41. The first-order valence-electron chi connectivity index (χ1n) is 11.9. The molecule has 1 aromatic heterocycles. The Labute approximate surface area is 233 Å². The number of hydrogen-bond acceptors (Lipinski definition) is 6. The Morgan fingerprint density at radius 2 is 1.82 bits per heavy atom. The first kappa shape index (κ1) is 32.1. The molecule has 0 saturated heterocycles. The maximum absolute atomic E-state index is 13.1. The summed E-state index contributed by atoms with van der Waals surface area (Å²) in [6.45, 7) is 1.93. The monoisotopic (exact) mass is 578 g/mol. The van der Waals surface area contributed by atoms with Crippen molar-refractivity contribution in [2.24, 2.45) is 7.05 Å². The van der Waals surface area contributed by atoms with Gasteiger partial charge in [-0.1, -0.05) is 24.3 Å². The lowest BCUT2D eigenvalue weighted by atomic mass is 9.94. The molecule has 0 aliphatic heterocycles. The van der Waals surface area contributed by atoms with E-state index in [0.717, 1.165) is 11.1 Å². The molecule has 3 aromatic rings. The van der Waals surface area contributed by atoms with Crippen LogP contribution in [0.25, 0.3) is 11.1 Å². The first-order valence-corrected chi connectivity index (χ1v) is 13.3. The molecule has 3 N–H and O–H groups in total. The average Bonchev–Trinajstić information content (AvgIpc) is 3.30. The van der Waals surface area contributed by atoms with E-state index >= 15 is 0 Å². The van der Waals surface area contributed by atoms with Crippen LogP contribution < -0.4 is 10.6 Å². The van der Waals surface area contributed by atoms with Crippen molar-refractivity contribution < 1.29 is 37.5 Å². The van der Waals surface area contributed by atoms with Crippen LogP contribution in [0.5, 0.6) is 0 Å². The van der Waals surface area contributed by atoms with Crippen LogP contribution in [0, 0.1) is 6.92 Å². The number of carboxylic acid groups (broad SMARTS) is 1. The Kier molecular flexibility index (Phi) is 11.9. The SMILES string of the molecule is CSCC[C@H](NC(=O)c1ccc(NC(=O)Cc2cn(C)cn2)cc1-c1ccccc1C)C(=O)O.O=CC(F)(F)F. The summed E-state index contributed by atoms with van der Waals surface area (Å²) in [5.74, 6) is -1.16. The van der Waals surface area contributed by atoms with Crippen LogP contribution in [-0.2, 0) is 27.9 Å². The van der Waals surface area contributed by atoms with Gasteiger partial charge < -0.3 is 20.3 Å². The van der Waals surface area contributed by atoms with Crippen molar-refractivity contribution in [3.63, 3.8) is 0 Å². The van der Waals surface area contributed by atoms with Crippen molar-refractivity contribution in [3.8, 4) is 11.1 Å². The molecule has 0 radical (unpaired) electrons. The number of anilines is 1. The zero-order valence-corrected chi connectivity index (χ0v) is 22.8. The van der Waals surface area contributed by atoms with Gasteiger partial charge in [-0.2, -0.15) is 24.9 Å². The number of rotatable bonds is 10. The molecule has 0 saturated carbocycles. The maximum Gasteiger partial charge on any atom is 0.446 e. The number of halogens is 3. The summed E-state index contributed by atoms with van der Waals surface area (Å²) in [4.78, 5) is 50.2. The zero-order chi connectivity index (χ0) is 29.9. The van der Waals surface area contributed by atoms with E-state index < -0.39 is 30.4 Å². The molecule has 0 spiro atoms. The number of thioether (sulfide) groups is 1. The summed E-state index contributed by atoms with van der Waals surface area (Å²) >= 11 is 1.52. The second kappa shape index (κ2) is 14.9. The van der Waals surface area contributed by atoms with Crippen LogP contribution in [0.15, 0.2) is 55.0 Å². The van der Waals surface area contributed by atoms with Gasteiger partial charge in [0.05, 0.1) is 18.4 Å². The van der Waals surface area contributed by atoms with Gasteiger partial charge in [0.15, 0.2) is 0 Å². The van der Waals surface area contributed by atoms with E-state index in [1.54, 1.807) is 35.3 Å². The molecule has 40 heavy (non-hydrogen) atoms. The van der Waals surface area contributed by atoms with Gasteiger partial charge in [0.1, 0.15) is 6.04 Å². The summed E-state index contributed by atoms with van der Waals surface area (Å²) in [6.07, 6.45) is 0.0462. The largest absolute Gasteiger partial charge is 0.480 e. The number of carbonyl (C=O) groups excluding carboxylic acids is 3. The second-order valence-electron chi connectivity index (χ2n) is 8.64. The predicted molar refractivity (Wildman–Crippen MR) is 146 cm³/mol. The molecule has 1 atom stereocenters. The summed E-state index contributed by atoms with van der Waals surface area (Å²) in [7, 11) is 1.84. The lowest BCUT2D eigenvalue weighted by molar-refractivity contribution is -0.156. The van der Waals surface area contributed by atoms with Gasteiger partial charge in [0, 0.05) is 24.5 Å². The normalized spacial score (nSPS) is 11.6. The van der Waals surface area contributed by atoms with Gasteiger partial charge in [0.2, 0.25) is 12.2 Å². The van der Waals surface area contributed by atoms with E-state index in [4.69, 9.17) is 4.79 Å². The van der Waals surface area contributed by atoms with Gasteiger partial charge >= 0.3 is 12.1 Å². The van der Waals surface area contributed by atoms with Crippen LogP contribution in [0.3, 0.4) is 0 Å². The molecule has 0 bridgehead atoms. The Morgan fingerprint density at radius 1 is 1.15 bits per heavy atom. The van der Waals surface area contributed by atoms with Crippen molar-refractivity contribution in [2.75, 3.05) is 17.3 Å². The fraction of sp³-hybridized carbons (Fsp3) is 0.296. The van der Waals surface area contributed by atoms with Crippen molar-refractivity contribution in [3.05, 3.63) is 71.8 Å². The number of carbonyl (C=O) groups is 4. The lowest BCUT2D eigenvalue weighted by Gasteiger charge is -2.18. The van der Waals surface area contributed by atoms with Gasteiger partial charge in [-0.15, -0.1) is 0 Å². The maximum atomic E-state index is 13.1. The van der Waals surface area contributed by atoms with Crippen molar-refractivity contribution in [1.29, 1.82) is 0 Å². The van der Waals surface area contributed by atoms with Crippen molar-refractivity contribution in [1.82, 2.24) is 14.9 Å². The highest BCUT2D eigenvalue weighted by atomic mass is 32.2. The van der Waals surface area contributed by atoms with E-state index in [-0.39, 0.29) is 12.3 Å². The molecule has 1 heterocycles. The summed E-state index contributed by atoms with van der Waals surface area (Å²) in [6, 6.07) is 11.6. The number of aldehydes is 1. The number of hydrogen-bond donors (Lipinski definition) is 3. The number of carboxylic acids is 1. The third kappa shape index (κ3) is 10.2. The molecule has 0 unspecified atom stereocenters. The fourth-order valence-corrected chi connectivity index (χ4v) is 4.05. The van der Waals surface area contributed by atoms with Gasteiger partial charge in [-0.25, -0.2) is 9.78 Å². The Bertz CT molecular complexity index is 1340. The molecule has 0 aliphatic carbocycles. The highest BCUT2D eigenvalue weighted by Crippen LogP contribution is 2.30. The van der Waals surface area contributed by atoms with Crippen LogP contribution in [0.4, 0.5) is 18.9 Å². The highest BCUT2D eigenvalue weighted by Gasteiger charge is 2.25. The molecule has 9 nitrogen and oxygen atoms in total. The third-order valence-corrected chi connectivity index (χ3v) is 6.07. The summed E-state index contributed by atoms with van der Waals surface area (Å²) in [5, 5.41) is 15.0.